The molecule has 3 aliphatic rings. The van der Waals surface area contributed by atoms with Gasteiger partial charge in [0.2, 0.25) is 11.8 Å². The van der Waals surface area contributed by atoms with E-state index in [1.807, 2.05) is 51.1 Å². The van der Waals surface area contributed by atoms with Gasteiger partial charge >= 0.3 is 5.97 Å². The molecule has 2 bridgehead atoms. The number of aliphatic hydroxyl groups excluding tert-OH is 1. The smallest absolute Gasteiger partial charge is 0.310 e. The van der Waals surface area contributed by atoms with Crippen molar-refractivity contribution < 1.29 is 29.3 Å². The van der Waals surface area contributed by atoms with E-state index in [9.17, 15) is 24.6 Å². The van der Waals surface area contributed by atoms with Gasteiger partial charge in [0.25, 0.3) is 0 Å². The number of amides is 2. The number of benzene rings is 1. The Morgan fingerprint density at radius 1 is 1.31 bits per heavy atom. The molecule has 7 atom stereocenters. The highest BCUT2D eigenvalue weighted by molar-refractivity contribution is 5.98. The second-order valence-electron chi connectivity index (χ2n) is 11.2. The lowest BCUT2D eigenvalue weighted by Crippen LogP contribution is -2.59. The molecule has 0 aromatic heterocycles. The van der Waals surface area contributed by atoms with Crippen LogP contribution in [0.1, 0.15) is 46.1 Å². The van der Waals surface area contributed by atoms with Crippen molar-refractivity contribution in [1.82, 2.24) is 9.80 Å². The molecule has 8 heteroatoms. The number of ether oxygens (including phenoxy) is 1. The standard InChI is InChI=1S/C28H38N2O6/c1-6-12-29(15-19-10-8-7-9-11-19)25(33)23-28-14-18(4)27(5,36-28)22(26(34)35)21(28)24(32)30(23)20(16-31)13-17(2)3/h6-11,17-18,20-23,31H,1,12-16H2,2-5H3,(H,34,35)/t18?,20-,21+,22-,23?,27+,28?/m1/s1. The highest BCUT2D eigenvalue weighted by Crippen LogP contribution is 2.65. The molecule has 2 amide bonds. The van der Waals surface area contributed by atoms with Crippen LogP contribution in [0.5, 0.6) is 0 Å². The van der Waals surface area contributed by atoms with E-state index < -0.39 is 47.0 Å². The molecule has 36 heavy (non-hydrogen) atoms. The first-order valence-electron chi connectivity index (χ1n) is 12.8. The molecule has 1 aromatic rings. The Balaban J connectivity index is 1.83. The molecule has 1 spiro atoms. The number of nitrogens with zero attached hydrogens (tertiary/aromatic N) is 2. The molecule has 8 nitrogen and oxygen atoms in total. The van der Waals surface area contributed by atoms with E-state index in [-0.39, 0.29) is 30.9 Å². The first-order chi connectivity index (χ1) is 17.0. The Morgan fingerprint density at radius 3 is 2.53 bits per heavy atom. The third kappa shape index (κ3) is 3.95. The predicted molar refractivity (Wildman–Crippen MR) is 134 cm³/mol. The number of fused-ring (bicyclic) bond motifs is 1. The Bertz CT molecular complexity index is 1030. The number of hydrogen-bond donors (Lipinski definition) is 2. The van der Waals surface area contributed by atoms with Crippen LogP contribution in [-0.2, 0) is 25.7 Å². The summed E-state index contributed by atoms with van der Waals surface area (Å²) >= 11 is 0. The number of carbonyl (C=O) groups is 3. The van der Waals surface area contributed by atoms with Crippen LogP contribution >= 0.6 is 0 Å². The quantitative estimate of drug-likeness (QED) is 0.481. The van der Waals surface area contributed by atoms with Crippen LogP contribution in [0.3, 0.4) is 0 Å². The molecule has 3 heterocycles. The van der Waals surface area contributed by atoms with Crippen molar-refractivity contribution in [2.75, 3.05) is 13.2 Å². The van der Waals surface area contributed by atoms with Gasteiger partial charge in [-0.25, -0.2) is 0 Å². The Kier molecular flexibility index (Phi) is 7.05. The minimum atomic E-state index is -1.26. The van der Waals surface area contributed by atoms with Gasteiger partial charge in [0, 0.05) is 13.1 Å². The Morgan fingerprint density at radius 2 is 1.97 bits per heavy atom. The zero-order valence-corrected chi connectivity index (χ0v) is 21.6. The lowest BCUT2D eigenvalue weighted by atomic mass is 9.62. The van der Waals surface area contributed by atoms with E-state index in [1.54, 1.807) is 17.9 Å². The van der Waals surface area contributed by atoms with Gasteiger partial charge in [-0.15, -0.1) is 6.58 Å². The van der Waals surface area contributed by atoms with Crippen LogP contribution in [-0.4, -0.2) is 74.2 Å². The number of carboxylic acids is 1. The van der Waals surface area contributed by atoms with Crippen molar-refractivity contribution in [2.24, 2.45) is 23.7 Å². The zero-order valence-electron chi connectivity index (χ0n) is 21.6. The van der Waals surface area contributed by atoms with Crippen LogP contribution in [0.15, 0.2) is 43.0 Å². The largest absolute Gasteiger partial charge is 0.481 e. The minimum absolute atomic E-state index is 0.154. The van der Waals surface area contributed by atoms with Gasteiger partial charge in [-0.05, 0) is 37.2 Å². The van der Waals surface area contributed by atoms with E-state index in [0.29, 0.717) is 19.4 Å². The summed E-state index contributed by atoms with van der Waals surface area (Å²) in [4.78, 5) is 44.1. The normalized spacial score (nSPS) is 33.6. The van der Waals surface area contributed by atoms with Gasteiger partial charge in [0.05, 0.1) is 24.2 Å². The molecule has 0 aliphatic carbocycles. The summed E-state index contributed by atoms with van der Waals surface area (Å²) < 4.78 is 6.57. The molecule has 3 fully saturated rings. The van der Waals surface area contributed by atoms with E-state index in [2.05, 4.69) is 6.58 Å². The van der Waals surface area contributed by atoms with Crippen molar-refractivity contribution in [3.63, 3.8) is 0 Å². The molecule has 3 unspecified atom stereocenters. The molecular formula is C28H38N2O6. The summed E-state index contributed by atoms with van der Waals surface area (Å²) in [5, 5.41) is 20.6. The third-order valence-corrected chi connectivity index (χ3v) is 8.48. The summed E-state index contributed by atoms with van der Waals surface area (Å²) in [7, 11) is 0. The van der Waals surface area contributed by atoms with Crippen LogP contribution in [0.4, 0.5) is 0 Å². The van der Waals surface area contributed by atoms with E-state index in [0.717, 1.165) is 5.56 Å². The summed E-state index contributed by atoms with van der Waals surface area (Å²) in [6, 6.07) is 7.92. The van der Waals surface area contributed by atoms with Crippen molar-refractivity contribution in [3.05, 3.63) is 48.6 Å². The maximum atomic E-state index is 14.4. The summed E-state index contributed by atoms with van der Waals surface area (Å²) in [6.07, 6.45) is 2.54. The SMILES string of the molecule is C=CCN(Cc1ccccc1)C(=O)C1N([C@@H](CO)CC(C)C)C(=O)[C@@H]2[C@H](C(=O)O)[C@@]3(C)OC12CC3C. The summed E-state index contributed by atoms with van der Waals surface area (Å²) in [5.41, 5.74) is -1.38. The molecule has 4 rings (SSSR count). The van der Waals surface area contributed by atoms with Gasteiger partial charge in [-0.2, -0.15) is 0 Å². The molecule has 2 N–H and O–H groups in total. The lowest BCUT2D eigenvalue weighted by molar-refractivity contribution is -0.160. The Labute approximate surface area is 212 Å². The molecule has 0 radical (unpaired) electrons. The van der Waals surface area contributed by atoms with Crippen LogP contribution < -0.4 is 0 Å². The number of likely N-dealkylation sites (tertiary alicyclic amines) is 1. The van der Waals surface area contributed by atoms with Gasteiger partial charge in [-0.3, -0.25) is 14.4 Å². The van der Waals surface area contributed by atoms with Crippen LogP contribution in [0.2, 0.25) is 0 Å². The molecule has 0 saturated carbocycles. The van der Waals surface area contributed by atoms with Gasteiger partial charge in [0.15, 0.2) is 0 Å². The number of rotatable bonds is 10. The highest BCUT2D eigenvalue weighted by atomic mass is 16.5. The zero-order chi connectivity index (χ0) is 26.4. The number of aliphatic carboxylic acids is 1. The number of hydrogen-bond acceptors (Lipinski definition) is 5. The molecule has 3 aliphatic heterocycles. The average molecular weight is 499 g/mol. The van der Waals surface area contributed by atoms with Crippen molar-refractivity contribution in [2.45, 2.75) is 70.4 Å². The summed E-state index contributed by atoms with van der Waals surface area (Å²) in [5.74, 6) is -3.84. The van der Waals surface area contributed by atoms with E-state index in [4.69, 9.17) is 4.74 Å². The maximum absolute atomic E-state index is 14.4. The number of carboxylic acid groups (broad SMARTS) is 1. The maximum Gasteiger partial charge on any atom is 0.310 e. The third-order valence-electron chi connectivity index (χ3n) is 8.48. The predicted octanol–water partition coefficient (Wildman–Crippen LogP) is 2.70. The van der Waals surface area contributed by atoms with Crippen LogP contribution in [0.25, 0.3) is 0 Å². The Hall–Kier alpha value is -2.71. The van der Waals surface area contributed by atoms with Gasteiger partial charge in [0.1, 0.15) is 17.6 Å². The number of carbonyl (C=O) groups excluding carboxylic acids is 2. The van der Waals surface area contributed by atoms with Crippen molar-refractivity contribution in [1.29, 1.82) is 0 Å². The van der Waals surface area contributed by atoms with Gasteiger partial charge in [-0.1, -0.05) is 57.2 Å². The van der Waals surface area contributed by atoms with Crippen molar-refractivity contribution >= 4 is 17.8 Å². The van der Waals surface area contributed by atoms with E-state index >= 15 is 0 Å². The average Bonchev–Trinajstić information content (AvgIpc) is 3.34. The second kappa shape index (κ2) is 9.63. The summed E-state index contributed by atoms with van der Waals surface area (Å²) in [6.45, 7) is 11.7. The van der Waals surface area contributed by atoms with Crippen molar-refractivity contribution in [3.8, 4) is 0 Å². The fourth-order valence-electron chi connectivity index (χ4n) is 6.91. The van der Waals surface area contributed by atoms with Gasteiger partial charge < -0.3 is 24.7 Å². The topological polar surface area (TPSA) is 107 Å². The molecule has 1 aromatic carbocycles. The minimum Gasteiger partial charge on any atom is -0.481 e. The van der Waals surface area contributed by atoms with E-state index in [1.165, 1.54) is 4.90 Å². The van der Waals surface area contributed by atoms with Crippen LogP contribution in [0, 0.1) is 23.7 Å². The first kappa shape index (κ1) is 26.4. The fraction of sp³-hybridized carbons (Fsp3) is 0.607. The fourth-order valence-corrected chi connectivity index (χ4v) is 6.91. The molecular weight excluding hydrogens is 460 g/mol. The second-order valence-corrected chi connectivity index (χ2v) is 11.2. The molecule has 3 saturated heterocycles. The highest BCUT2D eigenvalue weighted by Gasteiger charge is 2.80. The number of aliphatic hydroxyl groups is 1. The monoisotopic (exact) mass is 498 g/mol. The molecule has 196 valence electrons. The first-order valence-corrected chi connectivity index (χ1v) is 12.8. The lowest BCUT2D eigenvalue weighted by Gasteiger charge is -2.40.